The van der Waals surface area contributed by atoms with Gasteiger partial charge in [0.15, 0.2) is 0 Å². The minimum atomic E-state index is -0.762. The van der Waals surface area contributed by atoms with Gasteiger partial charge in [-0.1, -0.05) is 32.9 Å². The molecule has 0 aromatic heterocycles. The molecule has 10 heteroatoms. The molecule has 3 rings (SSSR count). The summed E-state index contributed by atoms with van der Waals surface area (Å²) in [6, 6.07) is 19.1. The molecule has 254 valence electrons. The zero-order valence-corrected chi connectivity index (χ0v) is 27.2. The predicted molar refractivity (Wildman–Crippen MR) is 179 cm³/mol. The minimum absolute atomic E-state index is 0.269. The van der Waals surface area contributed by atoms with Gasteiger partial charge in [-0.2, -0.15) is 0 Å². The lowest BCUT2D eigenvalue weighted by Gasteiger charge is -2.18. The molecular weight excluding hydrogens is 616 g/mol. The smallest absolute Gasteiger partial charge is 0.343 e. The quantitative estimate of drug-likeness (QED) is 0.0368. The molecule has 0 radical (unpaired) electrons. The summed E-state index contributed by atoms with van der Waals surface area (Å²) in [7, 11) is 0. The summed E-state index contributed by atoms with van der Waals surface area (Å²) in [6.07, 6.45) is 8.33. The molecule has 3 aromatic carbocycles. The largest absolute Gasteiger partial charge is 0.494 e. The topological polar surface area (TPSA) is 124 Å². The van der Waals surface area contributed by atoms with Gasteiger partial charge in [0.1, 0.15) is 23.0 Å². The van der Waals surface area contributed by atoms with E-state index in [1.54, 1.807) is 48.5 Å². The van der Waals surface area contributed by atoms with Crippen LogP contribution in [0, 0.1) is 0 Å². The van der Waals surface area contributed by atoms with Gasteiger partial charge in [-0.15, -0.1) is 0 Å². The van der Waals surface area contributed by atoms with Crippen LogP contribution in [0.15, 0.2) is 98.1 Å². The van der Waals surface area contributed by atoms with Gasteiger partial charge in [0.2, 0.25) is 6.29 Å². The fourth-order valence-corrected chi connectivity index (χ4v) is 4.28. The van der Waals surface area contributed by atoms with Crippen molar-refractivity contribution in [3.63, 3.8) is 0 Å². The predicted octanol–water partition coefficient (Wildman–Crippen LogP) is 7.81. The molecule has 0 aliphatic rings. The van der Waals surface area contributed by atoms with E-state index in [1.807, 2.05) is 0 Å². The SMILES string of the molecule is C=CC(=O)OCCCCCCOc1ccc(C(=O)Oc2ccc(OC(=O)c3ccc(OC(CCCCC)OC(=O)C=C)cc3)cc2)cc1. The molecule has 3 aromatic rings. The first-order valence-corrected chi connectivity index (χ1v) is 16.0. The van der Waals surface area contributed by atoms with E-state index < -0.39 is 30.2 Å². The average Bonchev–Trinajstić information content (AvgIpc) is 3.10. The summed E-state index contributed by atoms with van der Waals surface area (Å²) < 4.78 is 32.7. The first kappa shape index (κ1) is 37.1. The van der Waals surface area contributed by atoms with Crippen molar-refractivity contribution >= 4 is 23.9 Å². The maximum absolute atomic E-state index is 12.7. The molecule has 0 saturated heterocycles. The van der Waals surface area contributed by atoms with Crippen molar-refractivity contribution in [1.29, 1.82) is 0 Å². The molecule has 10 nitrogen and oxygen atoms in total. The Morgan fingerprint density at radius 1 is 0.604 bits per heavy atom. The number of rotatable bonds is 21. The number of ether oxygens (including phenoxy) is 6. The molecule has 0 heterocycles. The maximum Gasteiger partial charge on any atom is 0.343 e. The van der Waals surface area contributed by atoms with Crippen LogP contribution in [-0.2, 0) is 19.1 Å². The molecule has 0 spiro atoms. The van der Waals surface area contributed by atoms with Crippen molar-refractivity contribution in [1.82, 2.24) is 0 Å². The van der Waals surface area contributed by atoms with Crippen LogP contribution < -0.4 is 18.9 Å². The minimum Gasteiger partial charge on any atom is -0.494 e. The van der Waals surface area contributed by atoms with Gasteiger partial charge in [-0.3, -0.25) is 0 Å². The third-order valence-electron chi connectivity index (χ3n) is 6.87. The van der Waals surface area contributed by atoms with Crippen LogP contribution in [0.25, 0.3) is 0 Å². The normalized spacial score (nSPS) is 11.0. The standard InChI is InChI=1S/C38H42O10/c1-4-7-10-13-36(48-35(40)6-3)45-31-20-16-29(17-21-31)38(42)47-33-24-22-32(23-25-33)46-37(41)28-14-18-30(19-15-28)43-26-11-8-9-12-27-44-34(39)5-2/h5-6,14-25,36H,2-4,7-13,26-27H2,1H3. The summed E-state index contributed by atoms with van der Waals surface area (Å²) in [5.74, 6) is -0.479. The van der Waals surface area contributed by atoms with E-state index in [2.05, 4.69) is 20.1 Å². The molecule has 1 atom stereocenters. The van der Waals surface area contributed by atoms with E-state index in [0.29, 0.717) is 42.3 Å². The number of carbonyl (C=O) groups excluding carboxylic acids is 4. The van der Waals surface area contributed by atoms with Crippen molar-refractivity contribution in [2.45, 2.75) is 64.6 Å². The summed E-state index contributed by atoms with van der Waals surface area (Å²) >= 11 is 0. The van der Waals surface area contributed by atoms with Gasteiger partial charge < -0.3 is 28.4 Å². The highest BCUT2D eigenvalue weighted by Crippen LogP contribution is 2.22. The van der Waals surface area contributed by atoms with Crippen molar-refractivity contribution in [2.75, 3.05) is 13.2 Å². The zero-order valence-electron chi connectivity index (χ0n) is 27.2. The maximum atomic E-state index is 12.7. The van der Waals surface area contributed by atoms with Crippen molar-refractivity contribution in [3.05, 3.63) is 109 Å². The van der Waals surface area contributed by atoms with E-state index in [9.17, 15) is 19.2 Å². The monoisotopic (exact) mass is 658 g/mol. The Morgan fingerprint density at radius 3 is 1.62 bits per heavy atom. The van der Waals surface area contributed by atoms with Gasteiger partial charge >= 0.3 is 23.9 Å². The van der Waals surface area contributed by atoms with E-state index in [-0.39, 0.29) is 11.5 Å². The van der Waals surface area contributed by atoms with Crippen molar-refractivity contribution in [2.24, 2.45) is 0 Å². The molecule has 0 aliphatic heterocycles. The van der Waals surface area contributed by atoms with Crippen LogP contribution in [0.1, 0.15) is 79.0 Å². The van der Waals surface area contributed by atoms with Crippen LogP contribution >= 0.6 is 0 Å². The second-order valence-electron chi connectivity index (χ2n) is 10.6. The highest BCUT2D eigenvalue weighted by molar-refractivity contribution is 5.92. The van der Waals surface area contributed by atoms with Gasteiger partial charge in [-0.25, -0.2) is 19.2 Å². The van der Waals surface area contributed by atoms with Crippen molar-refractivity contribution < 1.29 is 47.6 Å². The Hall–Kier alpha value is -5.38. The Kier molecular flexibility index (Phi) is 16.0. The van der Waals surface area contributed by atoms with E-state index in [4.69, 9.17) is 28.4 Å². The van der Waals surface area contributed by atoms with Gasteiger partial charge in [-0.05, 0) is 105 Å². The summed E-state index contributed by atoms with van der Waals surface area (Å²) in [5.41, 5.74) is 0.644. The Labute approximate surface area is 281 Å². The molecule has 0 fully saturated rings. The lowest BCUT2D eigenvalue weighted by atomic mass is 10.2. The number of unbranched alkanes of at least 4 members (excludes halogenated alkanes) is 5. The van der Waals surface area contributed by atoms with Crippen LogP contribution in [0.5, 0.6) is 23.0 Å². The lowest BCUT2D eigenvalue weighted by molar-refractivity contribution is -0.158. The van der Waals surface area contributed by atoms with Crippen LogP contribution in [0.2, 0.25) is 0 Å². The summed E-state index contributed by atoms with van der Waals surface area (Å²) in [5, 5.41) is 0. The molecule has 1 unspecified atom stereocenters. The fourth-order valence-electron chi connectivity index (χ4n) is 4.28. The Morgan fingerprint density at radius 2 is 1.10 bits per heavy atom. The van der Waals surface area contributed by atoms with Crippen LogP contribution in [0.3, 0.4) is 0 Å². The molecular formula is C38H42O10. The highest BCUT2D eigenvalue weighted by Gasteiger charge is 2.16. The van der Waals surface area contributed by atoms with E-state index >= 15 is 0 Å². The van der Waals surface area contributed by atoms with Crippen LogP contribution in [0.4, 0.5) is 0 Å². The van der Waals surface area contributed by atoms with Crippen LogP contribution in [-0.4, -0.2) is 43.4 Å². The molecule has 0 amide bonds. The molecule has 0 bridgehead atoms. The molecule has 0 N–H and O–H groups in total. The van der Waals surface area contributed by atoms with Crippen molar-refractivity contribution in [3.8, 4) is 23.0 Å². The zero-order chi connectivity index (χ0) is 34.6. The number of hydrogen-bond donors (Lipinski definition) is 0. The molecule has 0 saturated carbocycles. The fraction of sp³-hybridized carbons (Fsp3) is 0.316. The second-order valence-corrected chi connectivity index (χ2v) is 10.6. The first-order valence-electron chi connectivity index (χ1n) is 16.0. The number of esters is 4. The Balaban J connectivity index is 1.41. The molecule has 0 aliphatic carbocycles. The number of hydrogen-bond acceptors (Lipinski definition) is 10. The molecule has 48 heavy (non-hydrogen) atoms. The van der Waals surface area contributed by atoms with E-state index in [0.717, 1.165) is 57.1 Å². The summed E-state index contributed by atoms with van der Waals surface area (Å²) in [6.45, 7) is 9.77. The third-order valence-corrected chi connectivity index (χ3v) is 6.87. The highest BCUT2D eigenvalue weighted by atomic mass is 16.7. The average molecular weight is 659 g/mol. The lowest BCUT2D eigenvalue weighted by Crippen LogP contribution is -2.23. The van der Waals surface area contributed by atoms with Gasteiger partial charge in [0.05, 0.1) is 24.3 Å². The number of carbonyl (C=O) groups is 4. The number of benzene rings is 3. The summed E-state index contributed by atoms with van der Waals surface area (Å²) in [4.78, 5) is 48.0. The third kappa shape index (κ3) is 13.5. The second kappa shape index (κ2) is 20.7. The van der Waals surface area contributed by atoms with Gasteiger partial charge in [0, 0.05) is 18.6 Å². The van der Waals surface area contributed by atoms with E-state index in [1.165, 1.54) is 24.3 Å². The van der Waals surface area contributed by atoms with Gasteiger partial charge in [0.25, 0.3) is 0 Å². The Bertz CT molecular complexity index is 1480. The first-order chi connectivity index (χ1) is 23.3.